The second kappa shape index (κ2) is 5.74. The molecule has 120 valence electrons. The molecule has 2 fully saturated rings. The minimum absolute atomic E-state index is 0.0427. The van der Waals surface area contributed by atoms with Crippen LogP contribution in [0.4, 0.5) is 0 Å². The third kappa shape index (κ3) is 2.58. The minimum Gasteiger partial charge on any atom is -0.387 e. The summed E-state index contributed by atoms with van der Waals surface area (Å²) in [7, 11) is -0.905. The van der Waals surface area contributed by atoms with E-state index in [0.717, 1.165) is 16.8 Å². The van der Waals surface area contributed by atoms with E-state index in [0.29, 0.717) is 10.8 Å². The first-order valence-electron chi connectivity index (χ1n) is 6.33. The zero-order valence-corrected chi connectivity index (χ0v) is 12.6. The largest absolute Gasteiger partial charge is 0.387 e. The molecular weight excluding hydrogens is 336 g/mol. The third-order valence-electron chi connectivity index (χ3n) is 3.56. The molecule has 3 heterocycles. The van der Waals surface area contributed by atoms with E-state index < -0.39 is 50.9 Å². The molecule has 2 unspecified atom stereocenters. The molecule has 0 saturated carbocycles. The SMILES string of the molecule is O=C1CC([C@H]2O[C@@H](n3ccc(=O)[nH]c3=O)[C@H](O)[C@@H]2O)S(=O)S1. The molecule has 22 heavy (non-hydrogen) atoms. The van der Waals surface area contributed by atoms with E-state index in [9.17, 15) is 28.8 Å². The molecule has 6 atom stereocenters. The van der Waals surface area contributed by atoms with Gasteiger partial charge in [0, 0.05) is 29.5 Å². The van der Waals surface area contributed by atoms with Crippen molar-refractivity contribution in [3.8, 4) is 0 Å². The van der Waals surface area contributed by atoms with Gasteiger partial charge in [-0.05, 0) is 0 Å². The van der Waals surface area contributed by atoms with Gasteiger partial charge in [-0.25, -0.2) is 9.00 Å². The second-order valence-electron chi connectivity index (χ2n) is 4.95. The summed E-state index contributed by atoms with van der Waals surface area (Å²) in [6.07, 6.45) is -4.04. The molecule has 0 spiro atoms. The molecule has 1 aromatic heterocycles. The first kappa shape index (κ1) is 15.6. The number of hydrogen-bond acceptors (Lipinski definition) is 8. The Hall–Kier alpha value is -1.27. The average molecular weight is 348 g/mol. The average Bonchev–Trinajstić information content (AvgIpc) is 2.92. The van der Waals surface area contributed by atoms with Crippen LogP contribution in [0.25, 0.3) is 0 Å². The van der Waals surface area contributed by atoms with Crippen LogP contribution >= 0.6 is 10.8 Å². The van der Waals surface area contributed by atoms with Crippen LogP contribution in [0.15, 0.2) is 21.9 Å². The van der Waals surface area contributed by atoms with Crippen LogP contribution in [-0.2, 0) is 19.4 Å². The third-order valence-corrected chi connectivity index (χ3v) is 6.80. The van der Waals surface area contributed by atoms with Gasteiger partial charge < -0.3 is 14.9 Å². The Labute approximate surface area is 129 Å². The fourth-order valence-electron chi connectivity index (χ4n) is 2.50. The smallest absolute Gasteiger partial charge is 0.330 e. The summed E-state index contributed by atoms with van der Waals surface area (Å²) >= 11 is 0. The normalized spacial score (nSPS) is 38.5. The van der Waals surface area contributed by atoms with Gasteiger partial charge in [-0.1, -0.05) is 0 Å². The Bertz CT molecular complexity index is 744. The van der Waals surface area contributed by atoms with Gasteiger partial charge >= 0.3 is 5.69 Å². The maximum absolute atomic E-state index is 11.8. The Morgan fingerprint density at radius 3 is 2.64 bits per heavy atom. The van der Waals surface area contributed by atoms with Crippen LogP contribution < -0.4 is 11.2 Å². The fraction of sp³-hybridized carbons (Fsp3) is 0.545. The highest BCUT2D eigenvalue weighted by molar-refractivity contribution is 8.76. The van der Waals surface area contributed by atoms with Gasteiger partial charge in [0.2, 0.25) is 5.12 Å². The standard InChI is InChI=1S/C11H12N2O7S2/c14-5-1-2-13(11(18)12-5)10-8(17)7(16)9(20-10)4-3-6(15)21-22(4)19/h1-2,4,7-10,16-17H,3H2,(H,12,14,18)/t4?,7-,8+,9+,10+,22?/m0/s1. The van der Waals surface area contributed by atoms with Crippen LogP contribution in [-0.4, -0.2) is 52.7 Å². The molecule has 2 saturated heterocycles. The van der Waals surface area contributed by atoms with Crippen molar-refractivity contribution < 1.29 is 24.0 Å². The zero-order chi connectivity index (χ0) is 16.0. The van der Waals surface area contributed by atoms with Crippen molar-refractivity contribution in [3.05, 3.63) is 33.1 Å². The lowest BCUT2D eigenvalue weighted by Crippen LogP contribution is -2.39. The fourth-order valence-corrected chi connectivity index (χ4v) is 5.54. The van der Waals surface area contributed by atoms with Crippen LogP contribution in [0.1, 0.15) is 12.6 Å². The molecule has 0 amide bonds. The van der Waals surface area contributed by atoms with Crippen molar-refractivity contribution in [1.82, 2.24) is 9.55 Å². The van der Waals surface area contributed by atoms with Crippen molar-refractivity contribution in [2.45, 2.75) is 36.2 Å². The number of carbonyl (C=O) groups excluding carboxylic acids is 1. The summed E-state index contributed by atoms with van der Waals surface area (Å²) in [4.78, 5) is 36.1. The number of H-pyrrole nitrogens is 1. The first-order valence-corrected chi connectivity index (χ1v) is 8.88. The maximum atomic E-state index is 11.8. The maximum Gasteiger partial charge on any atom is 0.330 e. The number of nitrogens with one attached hydrogen (secondary N) is 1. The summed E-state index contributed by atoms with van der Waals surface area (Å²) in [6.45, 7) is 0. The van der Waals surface area contributed by atoms with Crippen LogP contribution in [0.3, 0.4) is 0 Å². The lowest BCUT2D eigenvalue weighted by atomic mass is 10.1. The number of aliphatic hydroxyl groups excluding tert-OH is 2. The number of aromatic nitrogens is 2. The van der Waals surface area contributed by atoms with Crippen molar-refractivity contribution in [2.24, 2.45) is 0 Å². The molecule has 0 aliphatic carbocycles. The highest BCUT2D eigenvalue weighted by atomic mass is 33.1. The monoisotopic (exact) mass is 348 g/mol. The Kier molecular flexibility index (Phi) is 4.07. The van der Waals surface area contributed by atoms with Gasteiger partial charge in [0.1, 0.15) is 18.3 Å². The van der Waals surface area contributed by atoms with Gasteiger partial charge in [0.25, 0.3) is 5.56 Å². The zero-order valence-electron chi connectivity index (χ0n) is 10.9. The Morgan fingerprint density at radius 1 is 1.32 bits per heavy atom. The number of rotatable bonds is 2. The molecule has 0 aromatic carbocycles. The van der Waals surface area contributed by atoms with Crippen LogP contribution in [0.5, 0.6) is 0 Å². The molecule has 0 bridgehead atoms. The predicted molar refractivity (Wildman–Crippen MR) is 76.4 cm³/mol. The molecule has 2 aliphatic heterocycles. The predicted octanol–water partition coefficient (Wildman–Crippen LogP) is -2.15. The number of aromatic amines is 1. The van der Waals surface area contributed by atoms with E-state index in [-0.39, 0.29) is 11.5 Å². The van der Waals surface area contributed by atoms with Gasteiger partial charge in [-0.3, -0.25) is 19.1 Å². The summed E-state index contributed by atoms with van der Waals surface area (Å²) in [5.74, 6) is 0. The molecule has 2 aliphatic rings. The number of ether oxygens (including phenoxy) is 1. The van der Waals surface area contributed by atoms with Gasteiger partial charge in [-0.15, -0.1) is 0 Å². The van der Waals surface area contributed by atoms with Gasteiger partial charge in [-0.2, -0.15) is 0 Å². The van der Waals surface area contributed by atoms with Crippen molar-refractivity contribution in [2.75, 3.05) is 0 Å². The molecule has 11 heteroatoms. The van der Waals surface area contributed by atoms with Crippen molar-refractivity contribution in [1.29, 1.82) is 0 Å². The summed E-state index contributed by atoms with van der Waals surface area (Å²) in [6, 6.07) is 1.07. The van der Waals surface area contributed by atoms with E-state index in [1.54, 1.807) is 0 Å². The quantitative estimate of drug-likeness (QED) is 0.514. The van der Waals surface area contributed by atoms with Crippen LogP contribution in [0, 0.1) is 0 Å². The van der Waals surface area contributed by atoms with E-state index in [1.807, 2.05) is 4.98 Å². The molecular formula is C11H12N2O7S2. The first-order chi connectivity index (χ1) is 10.4. The van der Waals surface area contributed by atoms with E-state index in [2.05, 4.69) is 0 Å². The molecule has 0 radical (unpaired) electrons. The number of hydrogen-bond donors (Lipinski definition) is 3. The Balaban J connectivity index is 1.90. The molecule has 1 aromatic rings. The van der Waals surface area contributed by atoms with Crippen molar-refractivity contribution in [3.63, 3.8) is 0 Å². The summed E-state index contributed by atoms with van der Waals surface area (Å²) in [5, 5.41) is 19.1. The highest BCUT2D eigenvalue weighted by Crippen LogP contribution is 2.38. The number of aliphatic hydroxyl groups is 2. The second-order valence-corrected chi connectivity index (χ2v) is 8.18. The summed E-state index contributed by atoms with van der Waals surface area (Å²) in [5.41, 5.74) is -1.41. The number of nitrogens with zero attached hydrogens (tertiary/aromatic N) is 1. The van der Waals surface area contributed by atoms with E-state index in [1.165, 1.54) is 0 Å². The lowest BCUT2D eigenvalue weighted by Gasteiger charge is -2.19. The molecule has 3 rings (SSSR count). The van der Waals surface area contributed by atoms with E-state index in [4.69, 9.17) is 4.74 Å². The van der Waals surface area contributed by atoms with Gasteiger partial charge in [0.05, 0.1) is 15.1 Å². The Morgan fingerprint density at radius 2 is 2.05 bits per heavy atom. The summed E-state index contributed by atoms with van der Waals surface area (Å²) < 4.78 is 18.3. The molecule has 3 N–H and O–H groups in total. The minimum atomic E-state index is -1.57. The lowest BCUT2D eigenvalue weighted by molar-refractivity contribution is -0.111. The van der Waals surface area contributed by atoms with Crippen LogP contribution in [0.2, 0.25) is 0 Å². The topological polar surface area (TPSA) is 139 Å². The van der Waals surface area contributed by atoms with Crippen molar-refractivity contribution >= 4 is 25.7 Å². The number of carbonyl (C=O) groups is 1. The molecule has 9 nitrogen and oxygen atoms in total. The highest BCUT2D eigenvalue weighted by Gasteiger charge is 2.51. The van der Waals surface area contributed by atoms with Gasteiger partial charge in [0.15, 0.2) is 6.23 Å². The van der Waals surface area contributed by atoms with E-state index >= 15 is 0 Å².